The Balaban J connectivity index is 1.82. The van der Waals surface area contributed by atoms with E-state index in [0.717, 1.165) is 19.0 Å². The average molecular weight is 240 g/mol. The number of hydrogen-bond acceptors (Lipinski definition) is 3. The van der Waals surface area contributed by atoms with Gasteiger partial charge in [0.1, 0.15) is 0 Å². The molecule has 1 heterocycles. The van der Waals surface area contributed by atoms with Crippen molar-refractivity contribution in [3.05, 3.63) is 0 Å². The van der Waals surface area contributed by atoms with Crippen molar-refractivity contribution < 1.29 is 9.90 Å². The maximum Gasteiger partial charge on any atom is 0.307 e. The molecular weight excluding hydrogens is 216 g/mol. The second-order valence-corrected chi connectivity index (χ2v) is 6.69. The van der Waals surface area contributed by atoms with Crippen molar-refractivity contribution in [1.29, 1.82) is 0 Å². The van der Waals surface area contributed by atoms with E-state index in [1.54, 1.807) is 0 Å². The van der Waals surface area contributed by atoms with Crippen LogP contribution in [0.3, 0.4) is 0 Å². The summed E-state index contributed by atoms with van der Waals surface area (Å²) in [5.41, 5.74) is 6.43. The molecule has 4 heteroatoms. The van der Waals surface area contributed by atoms with Crippen molar-refractivity contribution in [2.24, 2.45) is 23.0 Å². The van der Waals surface area contributed by atoms with E-state index >= 15 is 0 Å². The third kappa shape index (κ3) is 3.19. The number of carboxylic acids is 1. The van der Waals surface area contributed by atoms with Gasteiger partial charge in [-0.2, -0.15) is 0 Å². The van der Waals surface area contributed by atoms with Crippen LogP contribution in [-0.2, 0) is 4.79 Å². The smallest absolute Gasteiger partial charge is 0.307 e. The molecule has 0 bridgehead atoms. The van der Waals surface area contributed by atoms with Crippen LogP contribution in [0.15, 0.2) is 0 Å². The summed E-state index contributed by atoms with van der Waals surface area (Å²) in [6.45, 7) is 7.17. The van der Waals surface area contributed by atoms with Crippen molar-refractivity contribution in [3.8, 4) is 0 Å². The van der Waals surface area contributed by atoms with Crippen LogP contribution in [0.1, 0.15) is 33.1 Å². The molecule has 3 N–H and O–H groups in total. The van der Waals surface area contributed by atoms with E-state index in [-0.39, 0.29) is 12.0 Å². The Morgan fingerprint density at radius 2 is 2.06 bits per heavy atom. The Kier molecular flexibility index (Phi) is 3.46. The summed E-state index contributed by atoms with van der Waals surface area (Å²) in [6, 6.07) is 0.0259. The van der Waals surface area contributed by atoms with Gasteiger partial charge in [-0.1, -0.05) is 13.8 Å². The largest absolute Gasteiger partial charge is 0.481 e. The van der Waals surface area contributed by atoms with Gasteiger partial charge in [-0.25, -0.2) is 0 Å². The fourth-order valence-corrected chi connectivity index (χ4v) is 3.56. The molecule has 17 heavy (non-hydrogen) atoms. The third-order valence-electron chi connectivity index (χ3n) is 4.11. The molecule has 0 aromatic heterocycles. The molecule has 1 saturated carbocycles. The Hall–Kier alpha value is -0.610. The topological polar surface area (TPSA) is 66.6 Å². The van der Waals surface area contributed by atoms with Crippen molar-refractivity contribution in [1.82, 2.24) is 4.90 Å². The minimum absolute atomic E-state index is 0.0259. The Labute approximate surface area is 103 Å². The van der Waals surface area contributed by atoms with Gasteiger partial charge < -0.3 is 15.7 Å². The number of carbonyl (C=O) groups is 1. The highest BCUT2D eigenvalue weighted by molar-refractivity contribution is 5.70. The third-order valence-corrected chi connectivity index (χ3v) is 4.11. The summed E-state index contributed by atoms with van der Waals surface area (Å²) in [6.07, 6.45) is 3.15. The molecule has 4 nitrogen and oxygen atoms in total. The van der Waals surface area contributed by atoms with Crippen LogP contribution in [0.5, 0.6) is 0 Å². The van der Waals surface area contributed by atoms with Crippen LogP contribution in [0, 0.1) is 17.3 Å². The van der Waals surface area contributed by atoms with Gasteiger partial charge in [0.2, 0.25) is 0 Å². The molecule has 1 aliphatic heterocycles. The summed E-state index contributed by atoms with van der Waals surface area (Å²) < 4.78 is 0. The summed E-state index contributed by atoms with van der Waals surface area (Å²) in [7, 11) is 0. The van der Waals surface area contributed by atoms with Crippen LogP contribution >= 0.6 is 0 Å². The first-order valence-corrected chi connectivity index (χ1v) is 6.56. The van der Waals surface area contributed by atoms with Crippen molar-refractivity contribution in [3.63, 3.8) is 0 Å². The van der Waals surface area contributed by atoms with Crippen LogP contribution < -0.4 is 5.73 Å². The maximum atomic E-state index is 11.0. The Morgan fingerprint density at radius 3 is 2.59 bits per heavy atom. The Morgan fingerprint density at radius 1 is 1.41 bits per heavy atom. The summed E-state index contributed by atoms with van der Waals surface area (Å²) in [5.74, 6) is -0.226. The predicted octanol–water partition coefficient (Wildman–Crippen LogP) is 1.16. The first-order chi connectivity index (χ1) is 7.85. The lowest BCUT2D eigenvalue weighted by Gasteiger charge is -2.46. The number of nitrogens with two attached hydrogens (primary N) is 1. The van der Waals surface area contributed by atoms with Crippen molar-refractivity contribution >= 4 is 5.97 Å². The average Bonchev–Trinajstić information content (AvgIpc) is 2.13. The molecule has 0 spiro atoms. The summed E-state index contributed by atoms with van der Waals surface area (Å²) >= 11 is 0. The van der Waals surface area contributed by atoms with Gasteiger partial charge in [-0.05, 0) is 30.6 Å². The SMILES string of the molecule is CC1(C)CC(CN2CC(N)CC(C(=O)O)C2)C1. The number of carboxylic acid groups (broad SMARTS) is 1. The molecule has 2 unspecified atom stereocenters. The molecule has 2 fully saturated rings. The molecule has 0 radical (unpaired) electrons. The molecule has 0 aromatic rings. The van der Waals surface area contributed by atoms with Gasteiger partial charge in [0.15, 0.2) is 0 Å². The van der Waals surface area contributed by atoms with E-state index in [9.17, 15) is 4.79 Å². The molecule has 2 rings (SSSR count). The first kappa shape index (κ1) is 12.8. The highest BCUT2D eigenvalue weighted by Crippen LogP contribution is 2.45. The van der Waals surface area contributed by atoms with Crippen molar-refractivity contribution in [2.75, 3.05) is 19.6 Å². The number of likely N-dealkylation sites (tertiary alicyclic amines) is 1. The van der Waals surface area contributed by atoms with Crippen LogP contribution in [0.4, 0.5) is 0 Å². The van der Waals surface area contributed by atoms with E-state index in [0.29, 0.717) is 18.4 Å². The molecular formula is C13H24N2O2. The second-order valence-electron chi connectivity index (χ2n) is 6.69. The zero-order valence-corrected chi connectivity index (χ0v) is 10.9. The lowest BCUT2D eigenvalue weighted by atomic mass is 9.64. The Bertz CT molecular complexity index is 296. The molecule has 2 aliphatic rings. The number of rotatable bonds is 3. The van der Waals surface area contributed by atoms with E-state index in [2.05, 4.69) is 18.7 Å². The number of nitrogens with zero attached hydrogens (tertiary/aromatic N) is 1. The normalized spacial score (nSPS) is 34.3. The highest BCUT2D eigenvalue weighted by Gasteiger charge is 2.38. The summed E-state index contributed by atoms with van der Waals surface area (Å²) in [5, 5.41) is 9.08. The van der Waals surface area contributed by atoms with Gasteiger partial charge in [0, 0.05) is 25.7 Å². The standard InChI is InChI=1S/C13H24N2O2/c1-13(2)4-9(5-13)6-15-7-10(12(16)17)3-11(14)8-15/h9-11H,3-8,14H2,1-2H3,(H,16,17). The number of hydrogen-bond donors (Lipinski definition) is 2. The quantitative estimate of drug-likeness (QED) is 0.777. The van der Waals surface area contributed by atoms with Crippen LogP contribution in [0.2, 0.25) is 0 Å². The zero-order chi connectivity index (χ0) is 12.6. The lowest BCUT2D eigenvalue weighted by Crippen LogP contribution is -2.51. The van der Waals surface area contributed by atoms with Gasteiger partial charge >= 0.3 is 5.97 Å². The van der Waals surface area contributed by atoms with E-state index in [4.69, 9.17) is 10.8 Å². The molecule has 1 aliphatic carbocycles. The van der Waals surface area contributed by atoms with Gasteiger partial charge in [-0.3, -0.25) is 4.79 Å². The minimum atomic E-state index is -0.695. The predicted molar refractivity (Wildman–Crippen MR) is 66.7 cm³/mol. The van der Waals surface area contributed by atoms with Gasteiger partial charge in [0.25, 0.3) is 0 Å². The summed E-state index contributed by atoms with van der Waals surface area (Å²) in [4.78, 5) is 13.3. The first-order valence-electron chi connectivity index (χ1n) is 6.56. The molecule has 0 amide bonds. The lowest BCUT2D eigenvalue weighted by molar-refractivity contribution is -0.144. The minimum Gasteiger partial charge on any atom is -0.481 e. The molecule has 0 aromatic carbocycles. The van der Waals surface area contributed by atoms with Gasteiger partial charge in [0.05, 0.1) is 5.92 Å². The fourth-order valence-electron chi connectivity index (χ4n) is 3.56. The van der Waals surface area contributed by atoms with E-state index in [1.807, 2.05) is 0 Å². The molecule has 98 valence electrons. The van der Waals surface area contributed by atoms with Gasteiger partial charge in [-0.15, -0.1) is 0 Å². The molecule has 1 saturated heterocycles. The van der Waals surface area contributed by atoms with Crippen LogP contribution in [-0.4, -0.2) is 41.7 Å². The van der Waals surface area contributed by atoms with E-state index < -0.39 is 5.97 Å². The molecule has 2 atom stereocenters. The zero-order valence-electron chi connectivity index (χ0n) is 10.9. The maximum absolute atomic E-state index is 11.0. The number of aliphatic carboxylic acids is 1. The van der Waals surface area contributed by atoms with Crippen LogP contribution in [0.25, 0.3) is 0 Å². The number of piperidine rings is 1. The second kappa shape index (κ2) is 4.58. The van der Waals surface area contributed by atoms with E-state index in [1.165, 1.54) is 12.8 Å². The monoisotopic (exact) mass is 240 g/mol. The fraction of sp³-hybridized carbons (Fsp3) is 0.923. The van der Waals surface area contributed by atoms with Crippen molar-refractivity contribution in [2.45, 2.75) is 39.2 Å². The highest BCUT2D eigenvalue weighted by atomic mass is 16.4.